The van der Waals surface area contributed by atoms with E-state index in [1.807, 2.05) is 0 Å². The Morgan fingerprint density at radius 1 is 1.91 bits per heavy atom. The second kappa shape index (κ2) is 2.71. The van der Waals surface area contributed by atoms with Crippen molar-refractivity contribution in [1.29, 1.82) is 0 Å². The molecule has 1 atom stereocenters. The van der Waals surface area contributed by atoms with Crippen LogP contribution in [-0.4, -0.2) is 16.1 Å². The van der Waals surface area contributed by atoms with E-state index in [1.54, 1.807) is 6.92 Å². The number of nitrogens with zero attached hydrogens (tertiary/aromatic N) is 1. The first-order valence-corrected chi connectivity index (χ1v) is 3.05. The number of carboxylic acids is 1. The predicted octanol–water partition coefficient (Wildman–Crippen LogP) is 0.392. The molecule has 5 heteroatoms. The van der Waals surface area contributed by atoms with E-state index >= 15 is 0 Å². The fraction of sp³-hybridized carbons (Fsp3) is 0.333. The number of hydrogen-bond acceptors (Lipinski definition) is 4. The van der Waals surface area contributed by atoms with Crippen LogP contribution in [0.2, 0.25) is 0 Å². The lowest BCUT2D eigenvalue weighted by molar-refractivity contribution is 0.0690. The highest BCUT2D eigenvalue weighted by molar-refractivity contribution is 5.84. The van der Waals surface area contributed by atoms with Crippen molar-refractivity contribution in [2.45, 2.75) is 13.0 Å². The van der Waals surface area contributed by atoms with Crippen LogP contribution >= 0.6 is 0 Å². The van der Waals surface area contributed by atoms with Gasteiger partial charge in [0, 0.05) is 0 Å². The molecule has 0 spiro atoms. The van der Waals surface area contributed by atoms with Gasteiger partial charge in [0.05, 0.1) is 6.04 Å². The average Bonchev–Trinajstić information content (AvgIpc) is 2.33. The van der Waals surface area contributed by atoms with Gasteiger partial charge in [-0.2, -0.15) is 0 Å². The van der Waals surface area contributed by atoms with E-state index in [-0.39, 0.29) is 17.6 Å². The first-order chi connectivity index (χ1) is 5.11. The number of aromatic nitrogens is 1. The van der Waals surface area contributed by atoms with Gasteiger partial charge in [-0.05, 0) is 6.92 Å². The smallest absolute Gasteiger partial charge is 0.357 e. The number of oxazole rings is 1. The lowest BCUT2D eigenvalue weighted by Crippen LogP contribution is -2.06. The molecule has 0 radical (unpaired) electrons. The Kier molecular flexibility index (Phi) is 1.91. The maximum atomic E-state index is 10.3. The van der Waals surface area contributed by atoms with Crippen LogP contribution in [0, 0.1) is 0 Å². The molecule has 0 aliphatic carbocycles. The van der Waals surface area contributed by atoms with Crippen LogP contribution in [0.4, 0.5) is 0 Å². The quantitative estimate of drug-likeness (QED) is 0.646. The van der Waals surface area contributed by atoms with E-state index in [1.165, 1.54) is 0 Å². The Balaban J connectivity index is 2.90. The Morgan fingerprint density at radius 2 is 2.55 bits per heavy atom. The van der Waals surface area contributed by atoms with Crippen LogP contribution in [0.25, 0.3) is 0 Å². The van der Waals surface area contributed by atoms with Gasteiger partial charge in [0.15, 0.2) is 5.69 Å². The molecular formula is C6H8N2O3. The Morgan fingerprint density at radius 3 is 2.82 bits per heavy atom. The maximum absolute atomic E-state index is 10.3. The fourth-order valence-corrected chi connectivity index (χ4v) is 0.595. The van der Waals surface area contributed by atoms with Gasteiger partial charge < -0.3 is 15.3 Å². The summed E-state index contributed by atoms with van der Waals surface area (Å²) in [4.78, 5) is 13.9. The van der Waals surface area contributed by atoms with Crippen molar-refractivity contribution < 1.29 is 14.3 Å². The second-order valence-electron chi connectivity index (χ2n) is 2.16. The summed E-state index contributed by atoms with van der Waals surface area (Å²) < 4.78 is 4.77. The topological polar surface area (TPSA) is 89.3 Å². The van der Waals surface area contributed by atoms with Crippen LogP contribution in [0.1, 0.15) is 29.3 Å². The summed E-state index contributed by atoms with van der Waals surface area (Å²) in [6, 6.07) is -0.372. The first kappa shape index (κ1) is 7.74. The largest absolute Gasteiger partial charge is 0.476 e. The lowest BCUT2D eigenvalue weighted by atomic mass is 10.4. The minimum absolute atomic E-state index is 0.114. The van der Waals surface area contributed by atoms with Crippen molar-refractivity contribution in [3.05, 3.63) is 17.8 Å². The zero-order chi connectivity index (χ0) is 8.43. The molecule has 0 aliphatic rings. The summed E-state index contributed by atoms with van der Waals surface area (Å²) >= 11 is 0. The normalized spacial score (nSPS) is 12.9. The molecule has 1 aromatic heterocycles. The van der Waals surface area contributed by atoms with E-state index in [2.05, 4.69) is 4.98 Å². The van der Waals surface area contributed by atoms with Gasteiger partial charge in [0.25, 0.3) is 0 Å². The van der Waals surface area contributed by atoms with E-state index in [4.69, 9.17) is 15.3 Å². The molecule has 1 aromatic rings. The van der Waals surface area contributed by atoms with Gasteiger partial charge >= 0.3 is 5.97 Å². The van der Waals surface area contributed by atoms with Crippen molar-refractivity contribution in [2.75, 3.05) is 0 Å². The maximum Gasteiger partial charge on any atom is 0.357 e. The van der Waals surface area contributed by atoms with Crippen LogP contribution in [0.15, 0.2) is 10.7 Å². The number of aromatic carboxylic acids is 1. The fourth-order valence-electron chi connectivity index (χ4n) is 0.595. The van der Waals surface area contributed by atoms with Crippen molar-refractivity contribution in [3.8, 4) is 0 Å². The summed E-state index contributed by atoms with van der Waals surface area (Å²) in [7, 11) is 0. The summed E-state index contributed by atoms with van der Waals surface area (Å²) in [5.74, 6) is -0.872. The second-order valence-corrected chi connectivity index (χ2v) is 2.16. The molecule has 3 N–H and O–H groups in total. The molecule has 60 valence electrons. The summed E-state index contributed by atoms with van der Waals surface area (Å²) in [5.41, 5.74) is 5.26. The van der Waals surface area contributed by atoms with Crippen LogP contribution < -0.4 is 5.73 Å². The number of rotatable bonds is 2. The molecule has 0 aromatic carbocycles. The molecule has 11 heavy (non-hydrogen) atoms. The molecule has 0 saturated heterocycles. The molecule has 0 fully saturated rings. The Bertz CT molecular complexity index is 267. The number of carboxylic acid groups (broad SMARTS) is 1. The van der Waals surface area contributed by atoms with E-state index in [9.17, 15) is 4.79 Å². The van der Waals surface area contributed by atoms with Gasteiger partial charge in [-0.1, -0.05) is 0 Å². The monoisotopic (exact) mass is 156 g/mol. The molecule has 0 aliphatic heterocycles. The molecule has 0 amide bonds. The van der Waals surface area contributed by atoms with Crippen molar-refractivity contribution in [1.82, 2.24) is 4.98 Å². The Hall–Kier alpha value is -1.36. The third kappa shape index (κ3) is 1.56. The molecule has 1 unspecified atom stereocenters. The standard InChI is InChI=1S/C6H8N2O3/c1-3(7)5-8-4(2-11-5)6(9)10/h2-3H,7H2,1H3,(H,9,10). The summed E-state index contributed by atoms with van der Waals surface area (Å²) in [6.45, 7) is 1.66. The third-order valence-electron chi connectivity index (χ3n) is 1.13. The minimum Gasteiger partial charge on any atom is -0.476 e. The third-order valence-corrected chi connectivity index (χ3v) is 1.13. The van der Waals surface area contributed by atoms with E-state index in [0.717, 1.165) is 6.26 Å². The highest BCUT2D eigenvalue weighted by Gasteiger charge is 2.12. The van der Waals surface area contributed by atoms with Crippen molar-refractivity contribution in [2.24, 2.45) is 5.73 Å². The predicted molar refractivity (Wildman–Crippen MR) is 36.1 cm³/mol. The molecule has 5 nitrogen and oxygen atoms in total. The zero-order valence-corrected chi connectivity index (χ0v) is 5.94. The number of carbonyl (C=O) groups is 1. The highest BCUT2D eigenvalue weighted by Crippen LogP contribution is 2.08. The van der Waals surface area contributed by atoms with Crippen LogP contribution in [0.5, 0.6) is 0 Å². The van der Waals surface area contributed by atoms with Gasteiger partial charge in [0.2, 0.25) is 5.89 Å². The summed E-state index contributed by atoms with van der Waals surface area (Å²) in [6.07, 6.45) is 1.07. The van der Waals surface area contributed by atoms with Gasteiger partial charge in [-0.15, -0.1) is 0 Å². The van der Waals surface area contributed by atoms with Crippen molar-refractivity contribution >= 4 is 5.97 Å². The number of hydrogen-bond donors (Lipinski definition) is 2. The van der Waals surface area contributed by atoms with Crippen LogP contribution in [-0.2, 0) is 0 Å². The van der Waals surface area contributed by atoms with Crippen molar-refractivity contribution in [3.63, 3.8) is 0 Å². The van der Waals surface area contributed by atoms with Gasteiger partial charge in [0.1, 0.15) is 6.26 Å². The average molecular weight is 156 g/mol. The molecule has 0 bridgehead atoms. The SMILES string of the molecule is CC(N)c1nc(C(=O)O)co1. The van der Waals surface area contributed by atoms with Crippen LogP contribution in [0.3, 0.4) is 0 Å². The molecule has 1 rings (SSSR count). The van der Waals surface area contributed by atoms with Gasteiger partial charge in [-0.3, -0.25) is 0 Å². The van der Waals surface area contributed by atoms with E-state index in [0.29, 0.717) is 0 Å². The lowest BCUT2D eigenvalue weighted by Gasteiger charge is -1.94. The molecule has 0 saturated carbocycles. The summed E-state index contributed by atoms with van der Waals surface area (Å²) in [5, 5.41) is 8.42. The molecule has 1 heterocycles. The van der Waals surface area contributed by atoms with E-state index < -0.39 is 5.97 Å². The van der Waals surface area contributed by atoms with Gasteiger partial charge in [-0.25, -0.2) is 9.78 Å². The number of nitrogens with two attached hydrogens (primary N) is 1. The Labute approximate surface area is 62.8 Å². The molecular weight excluding hydrogens is 148 g/mol. The first-order valence-electron chi connectivity index (χ1n) is 3.05. The minimum atomic E-state index is -1.11. The zero-order valence-electron chi connectivity index (χ0n) is 5.94. The highest BCUT2D eigenvalue weighted by atomic mass is 16.4.